The van der Waals surface area contributed by atoms with Crippen LogP contribution in [-0.2, 0) is 0 Å². The molecule has 1 aliphatic heterocycles. The zero-order valence-corrected chi connectivity index (χ0v) is 3.65. The molecule has 1 N–H and O–H groups in total. The van der Waals surface area contributed by atoms with E-state index in [-0.39, 0.29) is 0 Å². The average molecular weight is 71.1 g/mol. The van der Waals surface area contributed by atoms with Gasteiger partial charge in [-0.15, -0.1) is 0 Å². The summed E-state index contributed by atoms with van der Waals surface area (Å²) < 4.78 is 0. The molecule has 0 aromatic rings. The van der Waals surface area contributed by atoms with Crippen LogP contribution in [0.15, 0.2) is 0 Å². The maximum Gasteiger partial charge on any atom is 0.0193 e. The molecule has 5 heavy (non-hydrogen) atoms. The van der Waals surface area contributed by atoms with E-state index in [4.69, 9.17) is 0 Å². The molecule has 0 radical (unpaired) electrons. The fourth-order valence-electron chi connectivity index (χ4n) is 0.359. The number of hydrogen-bond acceptors (Lipinski definition) is 1. The summed E-state index contributed by atoms with van der Waals surface area (Å²) in [5.74, 6) is 0. The quantitative estimate of drug-likeness (QED) is 0.409. The van der Waals surface area contributed by atoms with E-state index in [9.17, 15) is 0 Å². The Morgan fingerprint density at radius 1 is 1.20 bits per heavy atom. The van der Waals surface area contributed by atoms with E-state index in [1.165, 1.54) is 0 Å². The average Bonchev–Trinajstić information content (AvgIpc) is 1.79. The lowest BCUT2D eigenvalue weighted by molar-refractivity contribution is 1.05. The van der Waals surface area contributed by atoms with E-state index in [0.717, 1.165) is 12.1 Å². The van der Waals surface area contributed by atoms with Crippen LogP contribution in [-0.4, -0.2) is 12.1 Å². The van der Waals surface area contributed by atoms with Crippen LogP contribution >= 0.6 is 0 Å². The summed E-state index contributed by atoms with van der Waals surface area (Å²) in [6, 6.07) is 1.60. The molecular formula is C4H9N. The second-order valence-electron chi connectivity index (χ2n) is 1.74. The Balaban J connectivity index is 2.20. The molecule has 0 bridgehead atoms. The van der Waals surface area contributed by atoms with Gasteiger partial charge in [-0.2, -0.15) is 0 Å². The highest BCUT2D eigenvalue weighted by Gasteiger charge is 2.24. The van der Waals surface area contributed by atoms with Gasteiger partial charge in [-0.05, 0) is 13.8 Å². The first-order valence-electron chi connectivity index (χ1n) is 2.07. The zero-order chi connectivity index (χ0) is 3.86. The largest absolute Gasteiger partial charge is 0.309 e. The van der Waals surface area contributed by atoms with Crippen molar-refractivity contribution in [2.45, 2.75) is 25.9 Å². The molecule has 0 aromatic heterocycles. The van der Waals surface area contributed by atoms with E-state index in [0.29, 0.717) is 0 Å². The summed E-state index contributed by atoms with van der Waals surface area (Å²) >= 11 is 0. The van der Waals surface area contributed by atoms with Crippen LogP contribution in [0.5, 0.6) is 0 Å². The van der Waals surface area contributed by atoms with Gasteiger partial charge in [0.25, 0.3) is 0 Å². The van der Waals surface area contributed by atoms with Crippen LogP contribution in [0.1, 0.15) is 13.8 Å². The van der Waals surface area contributed by atoms with Crippen molar-refractivity contribution in [3.8, 4) is 0 Å². The van der Waals surface area contributed by atoms with Crippen LogP contribution in [0, 0.1) is 0 Å². The highest BCUT2D eigenvalue weighted by atomic mass is 15.1. The van der Waals surface area contributed by atoms with Gasteiger partial charge in [-0.25, -0.2) is 0 Å². The van der Waals surface area contributed by atoms with Gasteiger partial charge in [0.05, 0.1) is 0 Å². The van der Waals surface area contributed by atoms with Crippen molar-refractivity contribution >= 4 is 0 Å². The monoisotopic (exact) mass is 71.1 g/mol. The minimum atomic E-state index is 0.801. The maximum absolute atomic E-state index is 3.19. The van der Waals surface area contributed by atoms with Gasteiger partial charge in [-0.1, -0.05) is 0 Å². The summed E-state index contributed by atoms with van der Waals surface area (Å²) in [7, 11) is 0. The van der Waals surface area contributed by atoms with Crippen molar-refractivity contribution in [2.75, 3.05) is 0 Å². The predicted molar refractivity (Wildman–Crippen MR) is 22.1 cm³/mol. The SMILES string of the molecule is C[C@H]1N[C@@H]1C. The molecule has 0 spiro atoms. The van der Waals surface area contributed by atoms with E-state index >= 15 is 0 Å². The standard InChI is InChI=1S/C4H9N/c1-3-4(2)5-3/h3-5H,1-2H3/t3-,4-/m1/s1. The van der Waals surface area contributed by atoms with Crippen LogP contribution in [0.3, 0.4) is 0 Å². The molecule has 0 unspecified atom stereocenters. The highest BCUT2D eigenvalue weighted by molar-refractivity contribution is 4.89. The molecule has 1 nitrogen and oxygen atoms in total. The Labute approximate surface area is 32.4 Å². The Morgan fingerprint density at radius 2 is 1.40 bits per heavy atom. The Morgan fingerprint density at radius 3 is 1.40 bits per heavy atom. The lowest BCUT2D eigenvalue weighted by Gasteiger charge is -1.62. The molecule has 0 aliphatic carbocycles. The molecule has 1 heterocycles. The fourth-order valence-corrected chi connectivity index (χ4v) is 0.359. The minimum Gasteiger partial charge on any atom is -0.309 e. The molecule has 0 amide bonds. The van der Waals surface area contributed by atoms with Crippen molar-refractivity contribution in [1.29, 1.82) is 0 Å². The first-order valence-corrected chi connectivity index (χ1v) is 2.07. The van der Waals surface area contributed by atoms with Gasteiger partial charge < -0.3 is 5.32 Å². The summed E-state index contributed by atoms with van der Waals surface area (Å²) in [6.07, 6.45) is 0. The lowest BCUT2D eigenvalue weighted by atomic mass is 10.4. The zero-order valence-electron chi connectivity index (χ0n) is 3.65. The second kappa shape index (κ2) is 0.716. The van der Waals surface area contributed by atoms with Crippen LogP contribution in [0.2, 0.25) is 0 Å². The summed E-state index contributed by atoms with van der Waals surface area (Å²) in [5, 5.41) is 3.19. The van der Waals surface area contributed by atoms with Gasteiger partial charge in [0.2, 0.25) is 0 Å². The van der Waals surface area contributed by atoms with Gasteiger partial charge in [-0.3, -0.25) is 0 Å². The summed E-state index contributed by atoms with van der Waals surface area (Å²) in [6.45, 7) is 4.37. The predicted octanol–water partition coefficient (Wildman–Crippen LogP) is 0.367. The molecule has 30 valence electrons. The number of nitrogens with one attached hydrogen (secondary N) is 1. The lowest BCUT2D eigenvalue weighted by Crippen LogP contribution is -1.74. The van der Waals surface area contributed by atoms with Crippen molar-refractivity contribution in [2.24, 2.45) is 0 Å². The maximum atomic E-state index is 3.19. The second-order valence-corrected chi connectivity index (χ2v) is 1.74. The van der Waals surface area contributed by atoms with Gasteiger partial charge in [0.15, 0.2) is 0 Å². The molecule has 1 heteroatoms. The third-order valence-electron chi connectivity index (χ3n) is 1.17. The molecule has 1 rings (SSSR count). The third kappa shape index (κ3) is 0.428. The van der Waals surface area contributed by atoms with Crippen LogP contribution in [0.4, 0.5) is 0 Å². The normalized spacial score (nSPS) is 49.2. The van der Waals surface area contributed by atoms with E-state index in [1.54, 1.807) is 0 Å². The Kier molecular flexibility index (Phi) is 0.453. The van der Waals surface area contributed by atoms with Gasteiger partial charge in [0, 0.05) is 12.1 Å². The molecule has 1 saturated heterocycles. The van der Waals surface area contributed by atoms with Crippen molar-refractivity contribution < 1.29 is 0 Å². The third-order valence-corrected chi connectivity index (χ3v) is 1.17. The molecule has 0 aromatic carbocycles. The first kappa shape index (κ1) is 3.16. The Hall–Kier alpha value is -0.0400. The van der Waals surface area contributed by atoms with Crippen molar-refractivity contribution in [1.82, 2.24) is 5.32 Å². The molecule has 2 atom stereocenters. The van der Waals surface area contributed by atoms with E-state index < -0.39 is 0 Å². The van der Waals surface area contributed by atoms with E-state index in [1.807, 2.05) is 0 Å². The molecule has 1 fully saturated rings. The summed E-state index contributed by atoms with van der Waals surface area (Å²) in [4.78, 5) is 0. The smallest absolute Gasteiger partial charge is 0.0193 e. The number of rotatable bonds is 0. The van der Waals surface area contributed by atoms with Gasteiger partial charge >= 0.3 is 0 Å². The van der Waals surface area contributed by atoms with Crippen molar-refractivity contribution in [3.63, 3.8) is 0 Å². The molecular weight excluding hydrogens is 62.1 g/mol. The van der Waals surface area contributed by atoms with Gasteiger partial charge in [0.1, 0.15) is 0 Å². The minimum absolute atomic E-state index is 0.801. The first-order chi connectivity index (χ1) is 2.30. The molecule has 1 aliphatic rings. The van der Waals surface area contributed by atoms with Crippen LogP contribution < -0.4 is 5.32 Å². The molecule has 0 saturated carbocycles. The van der Waals surface area contributed by atoms with Crippen LogP contribution in [0.25, 0.3) is 0 Å². The van der Waals surface area contributed by atoms with Crippen molar-refractivity contribution in [3.05, 3.63) is 0 Å². The van der Waals surface area contributed by atoms with E-state index in [2.05, 4.69) is 19.2 Å². The number of hydrogen-bond donors (Lipinski definition) is 1. The Bertz CT molecular complexity index is 36.9. The highest BCUT2D eigenvalue weighted by Crippen LogP contribution is 2.05. The summed E-state index contributed by atoms with van der Waals surface area (Å²) in [5.41, 5.74) is 0. The topological polar surface area (TPSA) is 21.9 Å². The fraction of sp³-hybridized carbons (Fsp3) is 1.00.